The van der Waals surface area contributed by atoms with Gasteiger partial charge in [0.2, 0.25) is 0 Å². The van der Waals surface area contributed by atoms with E-state index in [2.05, 4.69) is 0 Å². The molecule has 104 valence electrons. The summed E-state index contributed by atoms with van der Waals surface area (Å²) in [7, 11) is 1.68. The van der Waals surface area contributed by atoms with Gasteiger partial charge in [-0.05, 0) is 26.0 Å². The number of benzene rings is 1. The minimum Gasteiger partial charge on any atom is -0.483 e. The van der Waals surface area contributed by atoms with Crippen LogP contribution in [0.4, 0.5) is 4.39 Å². The zero-order valence-electron chi connectivity index (χ0n) is 11.1. The van der Waals surface area contributed by atoms with Crippen molar-refractivity contribution in [3.63, 3.8) is 0 Å². The number of amides is 1. The van der Waals surface area contributed by atoms with Crippen molar-refractivity contribution in [1.82, 2.24) is 4.90 Å². The zero-order valence-corrected chi connectivity index (χ0v) is 12.0. The Bertz CT molecular complexity index is 492. The molecule has 6 heteroatoms. The van der Waals surface area contributed by atoms with Gasteiger partial charge in [0.15, 0.2) is 6.61 Å². The van der Waals surface area contributed by atoms with Crippen LogP contribution in [-0.2, 0) is 4.79 Å². The van der Waals surface area contributed by atoms with Crippen molar-refractivity contribution >= 4 is 23.1 Å². The second-order valence-corrected chi connectivity index (χ2v) is 4.80. The molecule has 0 fully saturated rings. The molecule has 19 heavy (non-hydrogen) atoms. The van der Waals surface area contributed by atoms with Gasteiger partial charge in [-0.3, -0.25) is 4.79 Å². The van der Waals surface area contributed by atoms with Crippen molar-refractivity contribution in [2.45, 2.75) is 19.9 Å². The number of thiocarbonyl (C=S) groups is 1. The average Bonchev–Trinajstić information content (AvgIpc) is 2.34. The summed E-state index contributed by atoms with van der Waals surface area (Å²) >= 11 is 4.77. The Balaban J connectivity index is 2.82. The van der Waals surface area contributed by atoms with Crippen molar-refractivity contribution in [3.8, 4) is 5.75 Å². The highest BCUT2D eigenvalue weighted by Crippen LogP contribution is 2.21. The molecular formula is C13H17FN2O2S. The summed E-state index contributed by atoms with van der Waals surface area (Å²) in [6.07, 6.45) is 0. The summed E-state index contributed by atoms with van der Waals surface area (Å²) in [6, 6.07) is 4.31. The highest BCUT2D eigenvalue weighted by atomic mass is 32.1. The third-order valence-corrected chi connectivity index (χ3v) is 2.95. The molecule has 0 aliphatic rings. The van der Waals surface area contributed by atoms with E-state index >= 15 is 0 Å². The lowest BCUT2D eigenvalue weighted by molar-refractivity contribution is -0.133. The molecule has 4 nitrogen and oxygen atoms in total. The van der Waals surface area contributed by atoms with Crippen LogP contribution in [0.25, 0.3) is 0 Å². The molecule has 0 spiro atoms. The van der Waals surface area contributed by atoms with Crippen molar-refractivity contribution in [1.29, 1.82) is 0 Å². The van der Waals surface area contributed by atoms with Crippen LogP contribution in [0.3, 0.4) is 0 Å². The molecule has 0 aliphatic carbocycles. The van der Waals surface area contributed by atoms with E-state index in [1.807, 2.05) is 13.8 Å². The summed E-state index contributed by atoms with van der Waals surface area (Å²) in [5.74, 6) is -0.583. The first kappa shape index (κ1) is 15.4. The van der Waals surface area contributed by atoms with Gasteiger partial charge in [-0.25, -0.2) is 4.39 Å². The van der Waals surface area contributed by atoms with Gasteiger partial charge >= 0.3 is 0 Å². The van der Waals surface area contributed by atoms with E-state index in [9.17, 15) is 9.18 Å². The van der Waals surface area contributed by atoms with Gasteiger partial charge in [0.1, 0.15) is 16.6 Å². The molecule has 2 N–H and O–H groups in total. The van der Waals surface area contributed by atoms with Crippen LogP contribution in [0.1, 0.15) is 19.4 Å². The van der Waals surface area contributed by atoms with Crippen LogP contribution in [-0.4, -0.2) is 35.5 Å². The predicted octanol–water partition coefficient (Wildman–Crippen LogP) is 1.71. The topological polar surface area (TPSA) is 55.6 Å². The number of hydrogen-bond acceptors (Lipinski definition) is 3. The standard InChI is InChI=1S/C13H17FN2O2S/c1-8(2)16(3)11(17)7-18-10-6-4-5-9(14)12(10)13(15)19/h4-6,8H,7H2,1-3H3,(H2,15,19). The molecule has 0 heterocycles. The Kier molecular flexibility index (Phi) is 5.23. The number of nitrogens with two attached hydrogens (primary N) is 1. The fourth-order valence-electron chi connectivity index (χ4n) is 1.39. The minimum atomic E-state index is -0.560. The Morgan fingerprint density at radius 1 is 1.53 bits per heavy atom. The minimum absolute atomic E-state index is 0.0255. The Morgan fingerprint density at radius 2 is 2.16 bits per heavy atom. The van der Waals surface area contributed by atoms with Crippen molar-refractivity contribution in [3.05, 3.63) is 29.6 Å². The smallest absolute Gasteiger partial charge is 0.260 e. The lowest BCUT2D eigenvalue weighted by Crippen LogP contribution is -2.36. The van der Waals surface area contributed by atoms with Crippen LogP contribution < -0.4 is 10.5 Å². The summed E-state index contributed by atoms with van der Waals surface area (Å²) in [5.41, 5.74) is 5.47. The molecule has 1 aromatic carbocycles. The maximum atomic E-state index is 13.6. The maximum absolute atomic E-state index is 13.6. The summed E-state index contributed by atoms with van der Waals surface area (Å²) in [6.45, 7) is 3.59. The predicted molar refractivity (Wildman–Crippen MR) is 75.7 cm³/mol. The molecule has 0 saturated carbocycles. The summed E-state index contributed by atoms with van der Waals surface area (Å²) in [5, 5.41) is 0. The van der Waals surface area contributed by atoms with Crippen LogP contribution >= 0.6 is 12.2 Å². The Labute approximate surface area is 117 Å². The van der Waals surface area contributed by atoms with Gasteiger partial charge in [0.05, 0.1) is 5.56 Å². The third-order valence-electron chi connectivity index (χ3n) is 2.74. The number of ether oxygens (including phenoxy) is 1. The lowest BCUT2D eigenvalue weighted by atomic mass is 10.2. The number of halogens is 1. The van der Waals surface area contributed by atoms with Gasteiger partial charge in [-0.15, -0.1) is 0 Å². The van der Waals surface area contributed by atoms with E-state index in [-0.39, 0.29) is 34.9 Å². The van der Waals surface area contributed by atoms with E-state index < -0.39 is 5.82 Å². The van der Waals surface area contributed by atoms with Crippen LogP contribution in [0.15, 0.2) is 18.2 Å². The first-order valence-corrected chi connectivity index (χ1v) is 6.22. The largest absolute Gasteiger partial charge is 0.483 e. The number of carbonyl (C=O) groups excluding carboxylic acids is 1. The number of nitrogens with zero attached hydrogens (tertiary/aromatic N) is 1. The first-order valence-electron chi connectivity index (χ1n) is 5.81. The molecule has 1 amide bonds. The molecular weight excluding hydrogens is 267 g/mol. The lowest BCUT2D eigenvalue weighted by Gasteiger charge is -2.21. The van der Waals surface area contributed by atoms with Gasteiger partial charge in [-0.2, -0.15) is 0 Å². The van der Waals surface area contributed by atoms with Gasteiger partial charge < -0.3 is 15.4 Å². The normalized spacial score (nSPS) is 10.4. The highest BCUT2D eigenvalue weighted by molar-refractivity contribution is 7.80. The SMILES string of the molecule is CC(C)N(C)C(=O)COc1cccc(F)c1C(N)=S. The third kappa shape index (κ3) is 3.89. The molecule has 0 unspecified atom stereocenters. The first-order chi connectivity index (χ1) is 8.84. The van der Waals surface area contributed by atoms with Crippen LogP contribution in [0, 0.1) is 5.82 Å². The maximum Gasteiger partial charge on any atom is 0.260 e. The fourth-order valence-corrected chi connectivity index (χ4v) is 1.59. The van der Waals surface area contributed by atoms with E-state index in [0.717, 1.165) is 0 Å². The molecule has 0 radical (unpaired) electrons. The van der Waals surface area contributed by atoms with Gasteiger partial charge in [0, 0.05) is 13.1 Å². The number of hydrogen-bond donors (Lipinski definition) is 1. The van der Waals surface area contributed by atoms with E-state index in [1.54, 1.807) is 11.9 Å². The monoisotopic (exact) mass is 284 g/mol. The second kappa shape index (κ2) is 6.47. The number of likely N-dealkylation sites (N-methyl/N-ethyl adjacent to an activating group) is 1. The molecule has 0 bridgehead atoms. The Morgan fingerprint density at radius 3 is 2.68 bits per heavy atom. The van der Waals surface area contributed by atoms with E-state index in [4.69, 9.17) is 22.7 Å². The van der Waals surface area contributed by atoms with Crippen LogP contribution in [0.5, 0.6) is 5.75 Å². The molecule has 1 aromatic rings. The van der Waals surface area contributed by atoms with Gasteiger partial charge in [0.25, 0.3) is 5.91 Å². The summed E-state index contributed by atoms with van der Waals surface area (Å²) < 4.78 is 18.9. The van der Waals surface area contributed by atoms with Crippen LogP contribution in [0.2, 0.25) is 0 Å². The Hall–Kier alpha value is -1.69. The highest BCUT2D eigenvalue weighted by Gasteiger charge is 2.16. The van der Waals surface area contributed by atoms with Crippen molar-refractivity contribution < 1.29 is 13.9 Å². The number of rotatable bonds is 5. The quantitative estimate of drug-likeness (QED) is 0.836. The molecule has 0 aromatic heterocycles. The number of carbonyl (C=O) groups is 1. The summed E-state index contributed by atoms with van der Waals surface area (Å²) in [4.78, 5) is 13.2. The van der Waals surface area contributed by atoms with E-state index in [1.165, 1.54) is 18.2 Å². The second-order valence-electron chi connectivity index (χ2n) is 4.36. The zero-order chi connectivity index (χ0) is 14.6. The van der Waals surface area contributed by atoms with Crippen molar-refractivity contribution in [2.24, 2.45) is 5.73 Å². The molecule has 1 rings (SSSR count). The van der Waals surface area contributed by atoms with E-state index in [0.29, 0.717) is 0 Å². The fraction of sp³-hybridized carbons (Fsp3) is 0.385. The molecule has 0 aliphatic heterocycles. The van der Waals surface area contributed by atoms with Crippen molar-refractivity contribution in [2.75, 3.05) is 13.7 Å². The van der Waals surface area contributed by atoms with Gasteiger partial charge in [-0.1, -0.05) is 18.3 Å². The average molecular weight is 284 g/mol. The molecule has 0 saturated heterocycles. The molecule has 0 atom stereocenters.